The predicted molar refractivity (Wildman–Crippen MR) is 121 cm³/mol. The number of hydrogen-bond acceptors (Lipinski definition) is 6. The van der Waals surface area contributed by atoms with Gasteiger partial charge in [-0.2, -0.15) is 13.2 Å². The number of likely N-dealkylation sites (tertiary alicyclic amines) is 1. The van der Waals surface area contributed by atoms with Crippen molar-refractivity contribution in [2.45, 2.75) is 51.4 Å². The third-order valence-electron chi connectivity index (χ3n) is 6.22. The highest BCUT2D eigenvalue weighted by Crippen LogP contribution is 2.40. The predicted octanol–water partition coefficient (Wildman–Crippen LogP) is 6.08. The maximum Gasteiger partial charge on any atom is 0.453 e. The largest absolute Gasteiger partial charge is 0.507 e. The van der Waals surface area contributed by atoms with Gasteiger partial charge in [-0.3, -0.25) is 9.69 Å². The van der Waals surface area contributed by atoms with E-state index in [-0.39, 0.29) is 40.6 Å². The molecule has 0 saturated carbocycles. The van der Waals surface area contributed by atoms with Crippen molar-refractivity contribution >= 4 is 11.0 Å². The molecule has 1 fully saturated rings. The van der Waals surface area contributed by atoms with E-state index in [1.807, 2.05) is 0 Å². The van der Waals surface area contributed by atoms with Gasteiger partial charge in [-0.05, 0) is 62.2 Å². The van der Waals surface area contributed by atoms with Crippen LogP contribution in [-0.2, 0) is 12.7 Å². The molecule has 34 heavy (non-hydrogen) atoms. The van der Waals surface area contributed by atoms with Gasteiger partial charge in [0, 0.05) is 12.6 Å². The van der Waals surface area contributed by atoms with E-state index >= 15 is 0 Å². The highest BCUT2D eigenvalue weighted by Gasteiger charge is 2.41. The molecule has 0 aliphatic carbocycles. The minimum atomic E-state index is -4.99. The standard InChI is InChI=1S/C25H26F3NO5/c1-3-15-6-4-5-13-29(15)14-19-20(30)12-11-18-21(31)23(24(25(26,27)28)34-22(18)19)33-17-9-7-16(32-2)8-10-17/h7-12,15,30H,3-6,13-14H2,1-2H3/t15-/m0/s1. The van der Waals surface area contributed by atoms with Crippen molar-refractivity contribution in [3.63, 3.8) is 0 Å². The fourth-order valence-electron chi connectivity index (χ4n) is 4.41. The number of halogens is 3. The number of piperidine rings is 1. The molecule has 0 unspecified atom stereocenters. The summed E-state index contributed by atoms with van der Waals surface area (Å²) >= 11 is 0. The highest BCUT2D eigenvalue weighted by molar-refractivity contribution is 5.83. The smallest absolute Gasteiger partial charge is 0.453 e. The second-order valence-corrected chi connectivity index (χ2v) is 8.33. The normalized spacial score (nSPS) is 17.1. The van der Waals surface area contributed by atoms with Crippen molar-refractivity contribution in [1.29, 1.82) is 0 Å². The van der Waals surface area contributed by atoms with Gasteiger partial charge >= 0.3 is 6.18 Å². The Hall–Kier alpha value is -3.20. The number of phenolic OH excluding ortho intramolecular Hbond substituents is 1. The van der Waals surface area contributed by atoms with Crippen LogP contribution >= 0.6 is 0 Å². The van der Waals surface area contributed by atoms with Crippen LogP contribution in [0.5, 0.6) is 23.0 Å². The molecule has 2 aromatic carbocycles. The molecule has 1 atom stereocenters. The van der Waals surface area contributed by atoms with Gasteiger partial charge in [0.05, 0.1) is 18.1 Å². The maximum atomic E-state index is 14.0. The van der Waals surface area contributed by atoms with E-state index in [2.05, 4.69) is 11.8 Å². The minimum absolute atomic E-state index is 0.0241. The molecule has 0 bridgehead atoms. The molecule has 4 rings (SSSR count). The van der Waals surface area contributed by atoms with Gasteiger partial charge in [-0.25, -0.2) is 0 Å². The molecule has 0 radical (unpaired) electrons. The van der Waals surface area contributed by atoms with Gasteiger partial charge in [-0.15, -0.1) is 0 Å². The van der Waals surface area contributed by atoms with Gasteiger partial charge in [0.1, 0.15) is 22.8 Å². The van der Waals surface area contributed by atoms with Gasteiger partial charge < -0.3 is 19.0 Å². The van der Waals surface area contributed by atoms with E-state index in [1.165, 1.54) is 43.5 Å². The number of hydrogen-bond donors (Lipinski definition) is 1. The Balaban J connectivity index is 1.84. The number of phenols is 1. The second kappa shape index (κ2) is 9.58. The van der Waals surface area contributed by atoms with Crippen LogP contribution < -0.4 is 14.9 Å². The topological polar surface area (TPSA) is 72.1 Å². The third kappa shape index (κ3) is 4.70. The van der Waals surface area contributed by atoms with Crippen molar-refractivity contribution in [2.75, 3.05) is 13.7 Å². The average Bonchev–Trinajstić information content (AvgIpc) is 2.82. The monoisotopic (exact) mass is 477 g/mol. The lowest BCUT2D eigenvalue weighted by molar-refractivity contribution is -0.154. The number of benzene rings is 2. The molecule has 1 aliphatic heterocycles. The first-order valence-corrected chi connectivity index (χ1v) is 11.2. The van der Waals surface area contributed by atoms with Crippen LogP contribution in [0.1, 0.15) is 43.9 Å². The number of methoxy groups -OCH3 is 1. The Morgan fingerprint density at radius 3 is 2.47 bits per heavy atom. The highest BCUT2D eigenvalue weighted by atomic mass is 19.4. The molecule has 1 aliphatic rings. The molecular weight excluding hydrogens is 451 g/mol. The minimum Gasteiger partial charge on any atom is -0.507 e. The molecule has 1 saturated heterocycles. The SMILES string of the molecule is CC[C@H]1CCCCN1Cc1c(O)ccc2c(=O)c(Oc3ccc(OC)cc3)c(C(F)(F)F)oc12. The zero-order valence-corrected chi connectivity index (χ0v) is 18.9. The van der Waals surface area contributed by atoms with Crippen LogP contribution in [0.2, 0.25) is 0 Å². The number of fused-ring (bicyclic) bond motifs is 1. The Bertz CT molecular complexity index is 1220. The fraction of sp³-hybridized carbons (Fsp3) is 0.400. The summed E-state index contributed by atoms with van der Waals surface area (Å²) in [5.74, 6) is -2.20. The Kier molecular flexibility index (Phi) is 6.74. The first kappa shape index (κ1) is 23.9. The van der Waals surface area contributed by atoms with E-state index in [0.29, 0.717) is 5.75 Å². The van der Waals surface area contributed by atoms with Crippen molar-refractivity contribution < 1.29 is 32.2 Å². The molecular formula is C25H26F3NO5. The van der Waals surface area contributed by atoms with Crippen LogP contribution in [0.25, 0.3) is 11.0 Å². The second-order valence-electron chi connectivity index (χ2n) is 8.33. The van der Waals surface area contributed by atoms with Gasteiger partial charge in [0.15, 0.2) is 0 Å². The summed E-state index contributed by atoms with van der Waals surface area (Å²) in [4.78, 5) is 15.3. The lowest BCUT2D eigenvalue weighted by Gasteiger charge is -2.35. The molecule has 0 spiro atoms. The molecule has 3 aromatic rings. The molecule has 0 amide bonds. The van der Waals surface area contributed by atoms with Crippen LogP contribution in [0.15, 0.2) is 45.6 Å². The lowest BCUT2D eigenvalue weighted by Crippen LogP contribution is -2.38. The number of aromatic hydroxyl groups is 1. The van der Waals surface area contributed by atoms with E-state index in [1.54, 1.807) is 0 Å². The van der Waals surface area contributed by atoms with Gasteiger partial charge in [0.2, 0.25) is 11.2 Å². The number of nitrogens with zero attached hydrogens (tertiary/aromatic N) is 1. The Morgan fingerprint density at radius 2 is 1.82 bits per heavy atom. The third-order valence-corrected chi connectivity index (χ3v) is 6.22. The molecule has 1 aromatic heterocycles. The van der Waals surface area contributed by atoms with Crippen LogP contribution in [0.3, 0.4) is 0 Å². The molecule has 1 N–H and O–H groups in total. The molecule has 2 heterocycles. The zero-order chi connectivity index (χ0) is 24.5. The van der Waals surface area contributed by atoms with Gasteiger partial charge in [0.25, 0.3) is 5.76 Å². The average molecular weight is 477 g/mol. The summed E-state index contributed by atoms with van der Waals surface area (Å²) < 4.78 is 57.7. The quantitative estimate of drug-likeness (QED) is 0.464. The molecule has 9 heteroatoms. The summed E-state index contributed by atoms with van der Waals surface area (Å²) in [5.41, 5.74) is -1.08. The number of rotatable bonds is 6. The zero-order valence-electron chi connectivity index (χ0n) is 18.9. The first-order valence-electron chi connectivity index (χ1n) is 11.2. The van der Waals surface area contributed by atoms with E-state index in [4.69, 9.17) is 13.9 Å². The van der Waals surface area contributed by atoms with E-state index < -0.39 is 23.1 Å². The van der Waals surface area contributed by atoms with Crippen molar-refractivity contribution in [3.05, 3.63) is 57.9 Å². The number of ether oxygens (including phenoxy) is 2. The van der Waals surface area contributed by atoms with E-state index in [9.17, 15) is 23.1 Å². The summed E-state index contributed by atoms with van der Waals surface area (Å²) in [6.45, 7) is 2.99. The Labute approximate surface area is 194 Å². The lowest BCUT2D eigenvalue weighted by atomic mass is 9.98. The maximum absolute atomic E-state index is 14.0. The van der Waals surface area contributed by atoms with E-state index in [0.717, 1.165) is 32.2 Å². The van der Waals surface area contributed by atoms with Crippen LogP contribution in [0.4, 0.5) is 13.2 Å². The van der Waals surface area contributed by atoms with Crippen molar-refractivity contribution in [3.8, 4) is 23.0 Å². The fourth-order valence-corrected chi connectivity index (χ4v) is 4.41. The summed E-state index contributed by atoms with van der Waals surface area (Å²) in [6.07, 6.45) is -1.10. The van der Waals surface area contributed by atoms with Crippen LogP contribution in [-0.4, -0.2) is 29.7 Å². The summed E-state index contributed by atoms with van der Waals surface area (Å²) in [6, 6.07) is 8.61. The van der Waals surface area contributed by atoms with Crippen molar-refractivity contribution in [1.82, 2.24) is 4.90 Å². The molecule has 6 nitrogen and oxygen atoms in total. The summed E-state index contributed by atoms with van der Waals surface area (Å²) in [5, 5.41) is 10.4. The number of alkyl halides is 3. The van der Waals surface area contributed by atoms with Crippen LogP contribution in [0, 0.1) is 0 Å². The first-order chi connectivity index (χ1) is 16.2. The summed E-state index contributed by atoms with van der Waals surface area (Å²) in [7, 11) is 1.45. The molecule has 182 valence electrons. The van der Waals surface area contributed by atoms with Gasteiger partial charge in [-0.1, -0.05) is 13.3 Å². The Morgan fingerprint density at radius 1 is 1.12 bits per heavy atom. The van der Waals surface area contributed by atoms with Crippen molar-refractivity contribution in [2.24, 2.45) is 0 Å².